The molecule has 3 aromatic rings. The quantitative estimate of drug-likeness (QED) is 0.364. The molecule has 0 spiro atoms. The highest BCUT2D eigenvalue weighted by Crippen LogP contribution is 2.29. The molecule has 2 aromatic carbocycles. The van der Waals surface area contributed by atoms with E-state index in [0.29, 0.717) is 50.0 Å². The maximum Gasteiger partial charge on any atom is 0.248 e. The van der Waals surface area contributed by atoms with Gasteiger partial charge in [-0.15, -0.1) is 0 Å². The lowest BCUT2D eigenvalue weighted by Crippen LogP contribution is -2.52. The summed E-state index contributed by atoms with van der Waals surface area (Å²) in [7, 11) is 3.06. The van der Waals surface area contributed by atoms with Gasteiger partial charge in [-0.1, -0.05) is 6.07 Å². The lowest BCUT2D eigenvalue weighted by Gasteiger charge is -2.33. The van der Waals surface area contributed by atoms with Gasteiger partial charge in [0.1, 0.15) is 42.8 Å². The Hall–Kier alpha value is -3.67. The third-order valence-electron chi connectivity index (χ3n) is 6.78. The number of ether oxygens (including phenoxy) is 4. The van der Waals surface area contributed by atoms with E-state index in [2.05, 4.69) is 9.88 Å². The van der Waals surface area contributed by atoms with Gasteiger partial charge in [0.05, 0.1) is 20.2 Å². The van der Waals surface area contributed by atoms with Gasteiger partial charge in [0, 0.05) is 45.7 Å². The van der Waals surface area contributed by atoms with Gasteiger partial charge in [-0.05, 0) is 48.9 Å². The summed E-state index contributed by atoms with van der Waals surface area (Å²) in [6.07, 6.45) is 3.67. The highest BCUT2D eigenvalue weighted by molar-refractivity contribution is 5.77. The standard InChI is InChI=1S/C29H37FN4O6/c1-22-31-10-11-33(22)14-15-39-27-16-23(4-9-26(27)38-3)17-32-12-13-34(28(35)18-37-2)20-29(36,19-32)21-40-25-7-5-24(30)6-8-25/h4-11,16,36H,12-15,17-21H2,1-3H3. The maximum atomic E-state index is 13.3. The second kappa shape index (κ2) is 13.6. The van der Waals surface area contributed by atoms with Crippen LogP contribution in [0.4, 0.5) is 4.39 Å². The predicted octanol–water partition coefficient (Wildman–Crippen LogP) is 2.52. The number of aliphatic hydroxyl groups is 1. The number of aryl methyl sites for hydroxylation is 1. The van der Waals surface area contributed by atoms with Crippen LogP contribution >= 0.6 is 0 Å². The van der Waals surface area contributed by atoms with E-state index < -0.39 is 5.60 Å². The Morgan fingerprint density at radius 2 is 1.88 bits per heavy atom. The number of aromatic nitrogens is 2. The lowest BCUT2D eigenvalue weighted by molar-refractivity contribution is -0.138. The van der Waals surface area contributed by atoms with E-state index in [1.807, 2.05) is 35.9 Å². The molecule has 11 heteroatoms. The van der Waals surface area contributed by atoms with Crippen LogP contribution in [0.5, 0.6) is 17.2 Å². The third-order valence-corrected chi connectivity index (χ3v) is 6.78. The molecule has 2 heterocycles. The first kappa shape index (κ1) is 29.3. The summed E-state index contributed by atoms with van der Waals surface area (Å²) in [5.74, 6) is 2.02. The Labute approximate surface area is 233 Å². The number of amides is 1. The number of hydrogen-bond acceptors (Lipinski definition) is 8. The number of hydrogen-bond donors (Lipinski definition) is 1. The average Bonchev–Trinajstić information content (AvgIpc) is 3.27. The molecule has 1 aliphatic rings. The van der Waals surface area contributed by atoms with Crippen LogP contribution in [0, 0.1) is 12.7 Å². The van der Waals surface area contributed by atoms with E-state index in [-0.39, 0.29) is 38.0 Å². The first-order chi connectivity index (χ1) is 19.3. The molecule has 1 saturated heterocycles. The van der Waals surface area contributed by atoms with Crippen LogP contribution in [0.15, 0.2) is 54.9 Å². The molecule has 0 bridgehead atoms. The van der Waals surface area contributed by atoms with Gasteiger partial charge >= 0.3 is 0 Å². The van der Waals surface area contributed by atoms with Crippen LogP contribution in [0.3, 0.4) is 0 Å². The topological polar surface area (TPSA) is 98.5 Å². The molecule has 1 amide bonds. The second-order valence-electron chi connectivity index (χ2n) is 9.93. The third kappa shape index (κ3) is 7.93. The molecule has 4 rings (SSSR count). The minimum absolute atomic E-state index is 0.0729. The number of benzene rings is 2. The number of carbonyl (C=O) groups is 1. The highest BCUT2D eigenvalue weighted by Gasteiger charge is 2.37. The van der Waals surface area contributed by atoms with Crippen LogP contribution in [0.2, 0.25) is 0 Å². The summed E-state index contributed by atoms with van der Waals surface area (Å²) in [6.45, 7) is 4.69. The number of methoxy groups -OCH3 is 2. The van der Waals surface area contributed by atoms with Crippen molar-refractivity contribution in [3.63, 3.8) is 0 Å². The number of rotatable bonds is 12. The minimum Gasteiger partial charge on any atom is -0.493 e. The van der Waals surface area contributed by atoms with Crippen LogP contribution in [-0.4, -0.2) is 96.2 Å². The van der Waals surface area contributed by atoms with Crippen LogP contribution in [0.1, 0.15) is 11.4 Å². The molecule has 40 heavy (non-hydrogen) atoms. The fourth-order valence-electron chi connectivity index (χ4n) is 4.73. The fourth-order valence-corrected chi connectivity index (χ4v) is 4.73. The van der Waals surface area contributed by atoms with Crippen molar-refractivity contribution in [2.45, 2.75) is 25.6 Å². The van der Waals surface area contributed by atoms with Crippen molar-refractivity contribution < 1.29 is 33.2 Å². The van der Waals surface area contributed by atoms with Gasteiger partial charge in [0.15, 0.2) is 11.5 Å². The predicted molar refractivity (Wildman–Crippen MR) is 146 cm³/mol. The van der Waals surface area contributed by atoms with E-state index in [0.717, 1.165) is 11.4 Å². The summed E-state index contributed by atoms with van der Waals surface area (Å²) in [5, 5.41) is 11.6. The number of halogens is 1. The molecular weight excluding hydrogens is 519 g/mol. The number of β-amino-alcohol motifs (C(OH)–C–C–N with tert-alkyl or cyclic N) is 1. The minimum atomic E-state index is -1.37. The van der Waals surface area contributed by atoms with Gasteiger partial charge in [-0.25, -0.2) is 9.37 Å². The van der Waals surface area contributed by atoms with E-state index in [1.54, 1.807) is 18.2 Å². The molecule has 1 unspecified atom stereocenters. The van der Waals surface area contributed by atoms with Gasteiger partial charge in [-0.3, -0.25) is 9.69 Å². The average molecular weight is 557 g/mol. The Kier molecular flexibility index (Phi) is 9.97. The molecule has 1 N–H and O–H groups in total. The van der Waals surface area contributed by atoms with Crippen molar-refractivity contribution in [2.24, 2.45) is 0 Å². The largest absolute Gasteiger partial charge is 0.493 e. The summed E-state index contributed by atoms with van der Waals surface area (Å²) in [4.78, 5) is 20.6. The van der Waals surface area contributed by atoms with E-state index in [1.165, 1.54) is 31.4 Å². The Bertz CT molecular complexity index is 1250. The SMILES string of the molecule is COCC(=O)N1CCN(Cc2ccc(OC)c(OCCn3ccnc3C)c2)CC(O)(COc2ccc(F)cc2)C1. The Morgan fingerprint density at radius 1 is 1.07 bits per heavy atom. The van der Waals surface area contributed by atoms with Crippen molar-refractivity contribution in [3.05, 3.63) is 72.1 Å². The van der Waals surface area contributed by atoms with Crippen LogP contribution < -0.4 is 14.2 Å². The fraction of sp³-hybridized carbons (Fsp3) is 0.448. The van der Waals surface area contributed by atoms with Crippen molar-refractivity contribution in [1.29, 1.82) is 0 Å². The molecule has 0 radical (unpaired) electrons. The van der Waals surface area contributed by atoms with Crippen molar-refractivity contribution in [1.82, 2.24) is 19.4 Å². The zero-order chi connectivity index (χ0) is 28.5. The zero-order valence-electron chi connectivity index (χ0n) is 23.2. The first-order valence-electron chi connectivity index (χ1n) is 13.2. The lowest BCUT2D eigenvalue weighted by atomic mass is 10.0. The van der Waals surface area contributed by atoms with Gasteiger partial charge in [0.25, 0.3) is 0 Å². The number of nitrogens with zero attached hydrogens (tertiary/aromatic N) is 4. The Balaban J connectivity index is 1.46. The second-order valence-corrected chi connectivity index (χ2v) is 9.93. The molecule has 1 aromatic heterocycles. The van der Waals surface area contributed by atoms with Crippen molar-refractivity contribution >= 4 is 5.91 Å². The van der Waals surface area contributed by atoms with Crippen LogP contribution in [-0.2, 0) is 22.6 Å². The molecule has 1 aliphatic heterocycles. The van der Waals surface area contributed by atoms with Gasteiger partial charge in [0.2, 0.25) is 5.91 Å². The summed E-state index contributed by atoms with van der Waals surface area (Å²) in [6, 6.07) is 11.4. The highest BCUT2D eigenvalue weighted by atomic mass is 19.1. The van der Waals surface area contributed by atoms with E-state index in [9.17, 15) is 14.3 Å². The molecule has 1 fully saturated rings. The van der Waals surface area contributed by atoms with Crippen molar-refractivity contribution in [3.8, 4) is 17.2 Å². The molecule has 216 valence electrons. The van der Waals surface area contributed by atoms with Crippen molar-refractivity contribution in [2.75, 3.05) is 60.2 Å². The maximum absolute atomic E-state index is 13.3. The smallest absolute Gasteiger partial charge is 0.248 e. The zero-order valence-corrected chi connectivity index (χ0v) is 23.2. The molecule has 0 saturated carbocycles. The first-order valence-corrected chi connectivity index (χ1v) is 13.2. The van der Waals surface area contributed by atoms with E-state index >= 15 is 0 Å². The normalized spacial score (nSPS) is 17.9. The molecule has 0 aliphatic carbocycles. The molecule has 10 nitrogen and oxygen atoms in total. The number of imidazole rings is 1. The van der Waals surface area contributed by atoms with Gasteiger partial charge in [-0.2, -0.15) is 0 Å². The van der Waals surface area contributed by atoms with Crippen LogP contribution in [0.25, 0.3) is 0 Å². The summed E-state index contributed by atoms with van der Waals surface area (Å²) in [5.41, 5.74) is -0.406. The van der Waals surface area contributed by atoms with E-state index in [4.69, 9.17) is 18.9 Å². The monoisotopic (exact) mass is 556 g/mol. The molecular formula is C29H37FN4O6. The number of carbonyl (C=O) groups excluding carboxylic acids is 1. The summed E-state index contributed by atoms with van der Waals surface area (Å²) >= 11 is 0. The Morgan fingerprint density at radius 3 is 2.58 bits per heavy atom. The van der Waals surface area contributed by atoms with Gasteiger partial charge < -0.3 is 33.5 Å². The molecule has 1 atom stereocenters. The summed E-state index contributed by atoms with van der Waals surface area (Å²) < 4.78 is 37.8.